The molecule has 1 aliphatic rings. The van der Waals surface area contributed by atoms with Gasteiger partial charge >= 0.3 is 5.97 Å². The van der Waals surface area contributed by atoms with Gasteiger partial charge in [-0.2, -0.15) is 0 Å². The first-order chi connectivity index (χ1) is 6.22. The highest BCUT2D eigenvalue weighted by atomic mass is 79.9. The number of alkyl halides is 1. The molecule has 76 valence electrons. The Labute approximate surface area is 86.9 Å². The zero-order valence-corrected chi connectivity index (χ0v) is 9.43. The number of methoxy groups -OCH3 is 1. The molecule has 13 heavy (non-hydrogen) atoms. The van der Waals surface area contributed by atoms with Gasteiger partial charge in [-0.3, -0.25) is 4.79 Å². The van der Waals surface area contributed by atoms with Crippen LogP contribution in [0, 0.1) is 5.41 Å². The van der Waals surface area contributed by atoms with E-state index in [1.54, 1.807) is 0 Å². The van der Waals surface area contributed by atoms with Crippen molar-refractivity contribution in [1.29, 1.82) is 0 Å². The molecule has 0 aromatic carbocycles. The van der Waals surface area contributed by atoms with E-state index in [0.717, 1.165) is 31.4 Å². The minimum absolute atomic E-state index is 0.0609. The predicted molar refractivity (Wildman–Crippen MR) is 52.9 cm³/mol. The minimum atomic E-state index is -0.124. The van der Waals surface area contributed by atoms with Crippen LogP contribution in [0.3, 0.4) is 0 Å². The molecule has 0 N–H and O–H groups in total. The fourth-order valence-electron chi connectivity index (χ4n) is 1.54. The fourth-order valence-corrected chi connectivity index (χ4v) is 2.30. The lowest BCUT2D eigenvalue weighted by atomic mass is 9.79. The highest BCUT2D eigenvalue weighted by Gasteiger charge is 2.34. The van der Waals surface area contributed by atoms with Crippen molar-refractivity contribution in [2.75, 3.05) is 25.7 Å². The molecule has 1 rings (SSSR count). The molecule has 0 saturated carbocycles. The summed E-state index contributed by atoms with van der Waals surface area (Å²) in [6.45, 7) is 1.51. The van der Waals surface area contributed by atoms with Crippen molar-refractivity contribution in [3.05, 3.63) is 0 Å². The topological polar surface area (TPSA) is 35.5 Å². The molecule has 4 heteroatoms. The van der Waals surface area contributed by atoms with Crippen LogP contribution in [0.4, 0.5) is 0 Å². The molecule has 0 radical (unpaired) electrons. The zero-order valence-electron chi connectivity index (χ0n) is 7.85. The summed E-state index contributed by atoms with van der Waals surface area (Å²) >= 11 is 3.46. The summed E-state index contributed by atoms with van der Waals surface area (Å²) in [4.78, 5) is 11.2. The molecule has 1 saturated heterocycles. The number of esters is 1. The highest BCUT2D eigenvalue weighted by Crippen LogP contribution is 2.36. The number of hydrogen-bond acceptors (Lipinski definition) is 3. The molecule has 0 aliphatic carbocycles. The monoisotopic (exact) mass is 250 g/mol. The second-order valence-corrected chi connectivity index (χ2v) is 4.06. The van der Waals surface area contributed by atoms with Crippen molar-refractivity contribution in [2.45, 2.75) is 19.3 Å². The second-order valence-electron chi connectivity index (χ2n) is 3.50. The first kappa shape index (κ1) is 11.0. The standard InChI is InChI=1S/C9H15BrO3/c1-12-8(11)6-9(7-10)2-4-13-5-3-9/h2-7H2,1H3. The third kappa shape index (κ3) is 2.95. The summed E-state index contributed by atoms with van der Waals surface area (Å²) in [7, 11) is 1.43. The van der Waals surface area contributed by atoms with E-state index in [1.807, 2.05) is 0 Å². The van der Waals surface area contributed by atoms with Gasteiger partial charge in [0.1, 0.15) is 0 Å². The van der Waals surface area contributed by atoms with Gasteiger partial charge < -0.3 is 9.47 Å². The Hall–Kier alpha value is -0.0900. The number of ether oxygens (including phenoxy) is 2. The third-order valence-electron chi connectivity index (χ3n) is 2.58. The molecule has 1 heterocycles. The Morgan fingerprint density at radius 2 is 2.15 bits per heavy atom. The summed E-state index contributed by atoms with van der Waals surface area (Å²) in [6, 6.07) is 0. The lowest BCUT2D eigenvalue weighted by Crippen LogP contribution is -2.33. The van der Waals surface area contributed by atoms with Gasteiger partial charge in [-0.25, -0.2) is 0 Å². The van der Waals surface area contributed by atoms with E-state index >= 15 is 0 Å². The smallest absolute Gasteiger partial charge is 0.306 e. The normalized spacial score (nSPS) is 21.1. The van der Waals surface area contributed by atoms with Crippen LogP contribution < -0.4 is 0 Å². The Balaban J connectivity index is 2.52. The summed E-state index contributed by atoms with van der Waals surface area (Å²) < 4.78 is 9.95. The van der Waals surface area contributed by atoms with Gasteiger partial charge in [0.15, 0.2) is 0 Å². The van der Waals surface area contributed by atoms with Crippen LogP contribution in [0.1, 0.15) is 19.3 Å². The quantitative estimate of drug-likeness (QED) is 0.566. The maximum atomic E-state index is 11.2. The number of halogens is 1. The van der Waals surface area contributed by atoms with Crippen LogP contribution in [0.15, 0.2) is 0 Å². The largest absolute Gasteiger partial charge is 0.469 e. The Kier molecular flexibility index (Phi) is 4.19. The lowest BCUT2D eigenvalue weighted by Gasteiger charge is -2.34. The Morgan fingerprint density at radius 3 is 2.62 bits per heavy atom. The molecule has 1 aliphatic heterocycles. The van der Waals surface area contributed by atoms with Gasteiger partial charge in [-0.05, 0) is 18.3 Å². The highest BCUT2D eigenvalue weighted by molar-refractivity contribution is 9.09. The number of carbonyl (C=O) groups is 1. The van der Waals surface area contributed by atoms with Gasteiger partial charge in [-0.1, -0.05) is 15.9 Å². The molecule has 3 nitrogen and oxygen atoms in total. The summed E-state index contributed by atoms with van der Waals surface area (Å²) in [5.41, 5.74) is 0.0609. The van der Waals surface area contributed by atoms with Crippen molar-refractivity contribution in [2.24, 2.45) is 5.41 Å². The molecule has 0 amide bonds. The van der Waals surface area contributed by atoms with E-state index in [-0.39, 0.29) is 11.4 Å². The van der Waals surface area contributed by atoms with Crippen molar-refractivity contribution in [3.8, 4) is 0 Å². The van der Waals surface area contributed by atoms with Crippen LogP contribution in [0.2, 0.25) is 0 Å². The number of carbonyl (C=O) groups excluding carboxylic acids is 1. The molecule has 0 aromatic rings. The van der Waals surface area contributed by atoms with E-state index in [1.165, 1.54) is 7.11 Å². The molecule has 0 spiro atoms. The SMILES string of the molecule is COC(=O)CC1(CBr)CCOCC1. The lowest BCUT2D eigenvalue weighted by molar-refractivity contribution is -0.144. The molecule has 0 aromatic heterocycles. The third-order valence-corrected chi connectivity index (χ3v) is 3.77. The van der Waals surface area contributed by atoms with Crippen LogP contribution in [-0.4, -0.2) is 31.6 Å². The van der Waals surface area contributed by atoms with Gasteiger partial charge in [0.2, 0.25) is 0 Å². The van der Waals surface area contributed by atoms with Crippen LogP contribution >= 0.6 is 15.9 Å². The Morgan fingerprint density at radius 1 is 1.54 bits per heavy atom. The molecule has 0 atom stereocenters. The van der Waals surface area contributed by atoms with Gasteiger partial charge in [-0.15, -0.1) is 0 Å². The average Bonchev–Trinajstić information content (AvgIpc) is 2.19. The molecule has 0 bridgehead atoms. The average molecular weight is 251 g/mol. The van der Waals surface area contributed by atoms with Crippen molar-refractivity contribution >= 4 is 21.9 Å². The maximum absolute atomic E-state index is 11.2. The van der Waals surface area contributed by atoms with E-state index < -0.39 is 0 Å². The van der Waals surface area contributed by atoms with Crippen LogP contribution in [0.25, 0.3) is 0 Å². The molecular formula is C9H15BrO3. The van der Waals surface area contributed by atoms with Gasteiger partial charge in [0.05, 0.1) is 13.5 Å². The first-order valence-electron chi connectivity index (χ1n) is 4.43. The van der Waals surface area contributed by atoms with Crippen molar-refractivity contribution in [1.82, 2.24) is 0 Å². The van der Waals surface area contributed by atoms with E-state index in [0.29, 0.717) is 6.42 Å². The summed E-state index contributed by atoms with van der Waals surface area (Å²) in [5, 5.41) is 0.846. The second kappa shape index (κ2) is 4.96. The summed E-state index contributed by atoms with van der Waals surface area (Å²) in [5.74, 6) is -0.124. The van der Waals surface area contributed by atoms with Crippen LogP contribution in [0.5, 0.6) is 0 Å². The predicted octanol–water partition coefficient (Wildman–Crippen LogP) is 1.74. The summed E-state index contributed by atoms with van der Waals surface area (Å²) in [6.07, 6.45) is 2.37. The zero-order chi connectivity index (χ0) is 9.73. The van der Waals surface area contributed by atoms with Crippen molar-refractivity contribution < 1.29 is 14.3 Å². The van der Waals surface area contributed by atoms with E-state index in [2.05, 4.69) is 20.7 Å². The maximum Gasteiger partial charge on any atom is 0.306 e. The van der Waals surface area contributed by atoms with Gasteiger partial charge in [0.25, 0.3) is 0 Å². The number of rotatable bonds is 3. The van der Waals surface area contributed by atoms with E-state index in [4.69, 9.17) is 4.74 Å². The van der Waals surface area contributed by atoms with Crippen molar-refractivity contribution in [3.63, 3.8) is 0 Å². The van der Waals surface area contributed by atoms with Gasteiger partial charge in [0, 0.05) is 18.5 Å². The van der Waals surface area contributed by atoms with Crippen LogP contribution in [-0.2, 0) is 14.3 Å². The Bertz CT molecular complexity index is 176. The molecular weight excluding hydrogens is 236 g/mol. The fraction of sp³-hybridized carbons (Fsp3) is 0.889. The van der Waals surface area contributed by atoms with E-state index in [9.17, 15) is 4.79 Å². The minimum Gasteiger partial charge on any atom is -0.469 e. The first-order valence-corrected chi connectivity index (χ1v) is 5.55. The number of hydrogen-bond donors (Lipinski definition) is 0. The molecule has 0 unspecified atom stereocenters. The molecule has 1 fully saturated rings.